The van der Waals surface area contributed by atoms with E-state index in [1.807, 2.05) is 6.92 Å². The summed E-state index contributed by atoms with van der Waals surface area (Å²) in [5.41, 5.74) is 1.87. The van der Waals surface area contributed by atoms with Crippen molar-refractivity contribution in [3.05, 3.63) is 65.0 Å². The summed E-state index contributed by atoms with van der Waals surface area (Å²) >= 11 is 0. The first-order valence-corrected chi connectivity index (χ1v) is 5.55. The second-order valence-corrected chi connectivity index (χ2v) is 4.17. The van der Waals surface area contributed by atoms with Gasteiger partial charge in [0.15, 0.2) is 0 Å². The average molecular weight is 249 g/mol. The minimum Gasteiger partial charge on any atom is -0.384 e. The van der Waals surface area contributed by atoms with E-state index in [-0.39, 0.29) is 5.56 Å². The molecule has 0 aliphatic carbocycles. The van der Waals surface area contributed by atoms with Gasteiger partial charge in [-0.3, -0.25) is 4.98 Å². The van der Waals surface area contributed by atoms with E-state index in [2.05, 4.69) is 4.98 Å². The Morgan fingerprint density at radius 2 is 1.78 bits per heavy atom. The van der Waals surface area contributed by atoms with Crippen LogP contribution >= 0.6 is 0 Å². The van der Waals surface area contributed by atoms with Gasteiger partial charge in [-0.15, -0.1) is 0 Å². The second-order valence-electron chi connectivity index (χ2n) is 4.17. The fraction of sp³-hybridized carbons (Fsp3) is 0.214. The van der Waals surface area contributed by atoms with Crippen molar-refractivity contribution in [1.82, 2.24) is 4.98 Å². The summed E-state index contributed by atoms with van der Waals surface area (Å²) in [7, 11) is 0. The Balaban J connectivity index is 2.33. The third-order valence-corrected chi connectivity index (χ3v) is 2.69. The molecule has 2 nitrogen and oxygen atoms in total. The fourth-order valence-corrected chi connectivity index (χ4v) is 1.79. The van der Waals surface area contributed by atoms with Crippen LogP contribution < -0.4 is 0 Å². The molecule has 2 aromatic rings. The van der Waals surface area contributed by atoms with E-state index < -0.39 is 12.5 Å². The molecular formula is C14H13F2NO. The molecule has 1 atom stereocenters. The van der Waals surface area contributed by atoms with Gasteiger partial charge in [0.25, 0.3) is 6.43 Å². The zero-order valence-corrected chi connectivity index (χ0v) is 9.85. The zero-order valence-electron chi connectivity index (χ0n) is 9.85. The van der Waals surface area contributed by atoms with Gasteiger partial charge in [0.1, 0.15) is 6.10 Å². The van der Waals surface area contributed by atoms with E-state index in [9.17, 15) is 13.9 Å². The molecule has 94 valence electrons. The first-order valence-electron chi connectivity index (χ1n) is 5.55. The molecule has 1 aromatic heterocycles. The monoisotopic (exact) mass is 249 g/mol. The Bertz CT molecular complexity index is 543. The van der Waals surface area contributed by atoms with E-state index in [0.717, 1.165) is 5.56 Å². The summed E-state index contributed by atoms with van der Waals surface area (Å²) in [6.07, 6.45) is -0.262. The number of hydrogen-bond acceptors (Lipinski definition) is 2. The molecule has 2 rings (SSSR count). The van der Waals surface area contributed by atoms with E-state index in [1.54, 1.807) is 18.3 Å². The molecular weight excluding hydrogens is 236 g/mol. The van der Waals surface area contributed by atoms with Gasteiger partial charge in [-0.2, -0.15) is 0 Å². The van der Waals surface area contributed by atoms with Gasteiger partial charge in [0, 0.05) is 23.5 Å². The van der Waals surface area contributed by atoms with Crippen LogP contribution in [0.4, 0.5) is 8.78 Å². The SMILES string of the molecule is Cc1cncc(C(O)c2cccc(C(F)F)c2)c1. The quantitative estimate of drug-likeness (QED) is 0.904. The van der Waals surface area contributed by atoms with Crippen molar-refractivity contribution in [2.24, 2.45) is 0 Å². The molecule has 0 bridgehead atoms. The Hall–Kier alpha value is -1.81. The van der Waals surface area contributed by atoms with Crippen LogP contribution in [0.3, 0.4) is 0 Å². The minimum atomic E-state index is -2.53. The van der Waals surface area contributed by atoms with E-state index in [0.29, 0.717) is 11.1 Å². The van der Waals surface area contributed by atoms with E-state index in [1.165, 1.54) is 24.4 Å². The third-order valence-electron chi connectivity index (χ3n) is 2.69. The zero-order chi connectivity index (χ0) is 13.1. The number of benzene rings is 1. The highest BCUT2D eigenvalue weighted by atomic mass is 19.3. The van der Waals surface area contributed by atoms with Crippen molar-refractivity contribution in [3.8, 4) is 0 Å². The molecule has 0 aliphatic rings. The van der Waals surface area contributed by atoms with Crippen molar-refractivity contribution < 1.29 is 13.9 Å². The standard InChI is InChI=1S/C14H13F2NO/c1-9-5-12(8-17-7-9)13(18)10-3-2-4-11(6-10)14(15)16/h2-8,13-14,18H,1H3. The van der Waals surface area contributed by atoms with Crippen LogP contribution in [-0.4, -0.2) is 10.1 Å². The third kappa shape index (κ3) is 2.71. The molecule has 18 heavy (non-hydrogen) atoms. The van der Waals surface area contributed by atoms with Crippen LogP contribution in [0.25, 0.3) is 0 Å². The molecule has 1 heterocycles. The summed E-state index contributed by atoms with van der Waals surface area (Å²) in [5.74, 6) is 0. The number of aromatic nitrogens is 1. The van der Waals surface area contributed by atoms with Gasteiger partial charge in [0.05, 0.1) is 0 Å². The van der Waals surface area contributed by atoms with E-state index in [4.69, 9.17) is 0 Å². The normalized spacial score (nSPS) is 12.7. The lowest BCUT2D eigenvalue weighted by molar-refractivity contribution is 0.150. The van der Waals surface area contributed by atoms with Gasteiger partial charge in [0.2, 0.25) is 0 Å². The first-order chi connectivity index (χ1) is 8.58. The second kappa shape index (κ2) is 5.23. The smallest absolute Gasteiger partial charge is 0.263 e. The summed E-state index contributed by atoms with van der Waals surface area (Å²) in [6.45, 7) is 1.86. The molecule has 0 amide bonds. The van der Waals surface area contributed by atoms with Gasteiger partial charge in [-0.05, 0) is 24.1 Å². The number of nitrogens with zero attached hydrogens (tertiary/aromatic N) is 1. The van der Waals surface area contributed by atoms with Crippen LogP contribution in [0.5, 0.6) is 0 Å². The highest BCUT2D eigenvalue weighted by Crippen LogP contribution is 2.26. The van der Waals surface area contributed by atoms with E-state index >= 15 is 0 Å². The largest absolute Gasteiger partial charge is 0.384 e. The Morgan fingerprint density at radius 3 is 2.44 bits per heavy atom. The van der Waals surface area contributed by atoms with Crippen molar-refractivity contribution in [3.63, 3.8) is 0 Å². The molecule has 0 fully saturated rings. The predicted molar refractivity (Wildman–Crippen MR) is 64.4 cm³/mol. The fourth-order valence-electron chi connectivity index (χ4n) is 1.79. The van der Waals surface area contributed by atoms with Crippen molar-refractivity contribution >= 4 is 0 Å². The molecule has 1 aromatic carbocycles. The molecule has 0 radical (unpaired) electrons. The lowest BCUT2D eigenvalue weighted by atomic mass is 10.0. The highest BCUT2D eigenvalue weighted by Gasteiger charge is 2.14. The first kappa shape index (κ1) is 12.6. The number of pyridine rings is 1. The molecule has 1 unspecified atom stereocenters. The maximum atomic E-state index is 12.6. The molecule has 4 heteroatoms. The predicted octanol–water partition coefficient (Wildman–Crippen LogP) is 3.41. The lowest BCUT2D eigenvalue weighted by Gasteiger charge is -2.12. The number of aliphatic hydroxyl groups is 1. The number of aryl methyl sites for hydroxylation is 1. The van der Waals surface area contributed by atoms with Crippen molar-refractivity contribution in [2.45, 2.75) is 19.5 Å². The maximum Gasteiger partial charge on any atom is 0.263 e. The number of alkyl halides is 2. The number of aliphatic hydroxyl groups excluding tert-OH is 1. The number of rotatable bonds is 3. The molecule has 0 saturated heterocycles. The summed E-state index contributed by atoms with van der Waals surface area (Å²) < 4.78 is 25.2. The molecule has 0 aliphatic heterocycles. The number of hydrogen-bond donors (Lipinski definition) is 1. The number of halogens is 2. The summed E-state index contributed by atoms with van der Waals surface area (Å²) in [5, 5.41) is 10.1. The van der Waals surface area contributed by atoms with Crippen molar-refractivity contribution in [2.75, 3.05) is 0 Å². The maximum absolute atomic E-state index is 12.6. The van der Waals surface area contributed by atoms with Crippen molar-refractivity contribution in [1.29, 1.82) is 0 Å². The van der Waals surface area contributed by atoms with Crippen LogP contribution in [-0.2, 0) is 0 Å². The average Bonchev–Trinajstić information content (AvgIpc) is 2.38. The van der Waals surface area contributed by atoms with Gasteiger partial charge < -0.3 is 5.11 Å². The molecule has 1 N–H and O–H groups in total. The highest BCUT2D eigenvalue weighted by molar-refractivity contribution is 5.33. The minimum absolute atomic E-state index is 0.0906. The van der Waals surface area contributed by atoms with Crippen LogP contribution in [0.15, 0.2) is 42.7 Å². The van der Waals surface area contributed by atoms with Gasteiger partial charge in [-0.25, -0.2) is 8.78 Å². The van der Waals surface area contributed by atoms with Crippen LogP contribution in [0.2, 0.25) is 0 Å². The van der Waals surface area contributed by atoms with Crippen LogP contribution in [0, 0.1) is 6.92 Å². The Morgan fingerprint density at radius 1 is 1.06 bits per heavy atom. The van der Waals surface area contributed by atoms with Gasteiger partial charge >= 0.3 is 0 Å². The summed E-state index contributed by atoms with van der Waals surface area (Å²) in [4.78, 5) is 3.98. The lowest BCUT2D eigenvalue weighted by Crippen LogP contribution is -2.01. The topological polar surface area (TPSA) is 33.1 Å². The molecule has 0 saturated carbocycles. The molecule has 0 spiro atoms. The Labute approximate surface area is 104 Å². The Kier molecular flexibility index (Phi) is 3.67. The van der Waals surface area contributed by atoms with Gasteiger partial charge in [-0.1, -0.05) is 24.3 Å². The van der Waals surface area contributed by atoms with Crippen LogP contribution in [0.1, 0.15) is 34.8 Å². The summed E-state index contributed by atoms with van der Waals surface area (Å²) in [6, 6.07) is 7.59.